The minimum absolute atomic E-state index is 0.209. The highest BCUT2D eigenvalue weighted by molar-refractivity contribution is 5.90. The third kappa shape index (κ3) is 4.43. The quantitative estimate of drug-likeness (QED) is 0.826. The first-order valence-corrected chi connectivity index (χ1v) is 6.88. The number of aryl methyl sites for hydroxylation is 1. The Morgan fingerprint density at radius 3 is 2.74 bits per heavy atom. The van der Waals surface area contributed by atoms with Gasteiger partial charge in [0.15, 0.2) is 5.78 Å². The predicted molar refractivity (Wildman–Crippen MR) is 76.3 cm³/mol. The Balaban J connectivity index is 1.82. The molecule has 0 saturated carbocycles. The van der Waals surface area contributed by atoms with Crippen LogP contribution < -0.4 is 10.1 Å². The van der Waals surface area contributed by atoms with Crippen molar-refractivity contribution in [3.05, 3.63) is 41.6 Å². The van der Waals surface area contributed by atoms with Crippen molar-refractivity contribution in [1.29, 1.82) is 0 Å². The minimum atomic E-state index is 0.209. The second-order valence-electron chi connectivity index (χ2n) is 4.87. The predicted octanol–water partition coefficient (Wildman–Crippen LogP) is 2.85. The monoisotopic (exact) mass is 259 g/mol. The molecule has 0 unspecified atom stereocenters. The summed E-state index contributed by atoms with van der Waals surface area (Å²) in [5.74, 6) is 1.06. The van der Waals surface area contributed by atoms with Crippen molar-refractivity contribution in [2.75, 3.05) is 13.7 Å². The van der Waals surface area contributed by atoms with Gasteiger partial charge < -0.3 is 10.1 Å². The number of carbonyl (C=O) groups is 1. The highest BCUT2D eigenvalue weighted by atomic mass is 16.5. The van der Waals surface area contributed by atoms with Crippen LogP contribution in [0, 0.1) is 0 Å². The van der Waals surface area contributed by atoms with E-state index < -0.39 is 0 Å². The van der Waals surface area contributed by atoms with Crippen LogP contribution in [0.2, 0.25) is 0 Å². The molecule has 1 aliphatic heterocycles. The average Bonchev–Trinajstić information content (AvgIpc) is 2.47. The van der Waals surface area contributed by atoms with Gasteiger partial charge in [0.2, 0.25) is 0 Å². The van der Waals surface area contributed by atoms with Crippen LogP contribution >= 0.6 is 0 Å². The van der Waals surface area contributed by atoms with Gasteiger partial charge in [0.05, 0.1) is 7.11 Å². The molecule has 0 bridgehead atoms. The molecular weight excluding hydrogens is 238 g/mol. The Kier molecular flexibility index (Phi) is 5.01. The van der Waals surface area contributed by atoms with Crippen LogP contribution in [0.15, 0.2) is 36.0 Å². The maximum atomic E-state index is 11.9. The van der Waals surface area contributed by atoms with Crippen molar-refractivity contribution in [2.24, 2.45) is 0 Å². The average molecular weight is 259 g/mol. The number of rotatable bonds is 5. The van der Waals surface area contributed by atoms with Gasteiger partial charge in [-0.2, -0.15) is 0 Å². The molecule has 3 heteroatoms. The summed E-state index contributed by atoms with van der Waals surface area (Å²) < 4.78 is 5.11. The molecule has 1 heterocycles. The van der Waals surface area contributed by atoms with Crippen LogP contribution in [0.3, 0.4) is 0 Å². The Morgan fingerprint density at radius 2 is 2.11 bits per heavy atom. The molecule has 1 saturated heterocycles. The molecule has 0 radical (unpaired) electrons. The van der Waals surface area contributed by atoms with Gasteiger partial charge in [-0.25, -0.2) is 0 Å². The number of piperidine rings is 1. The molecular formula is C16H21NO2. The summed E-state index contributed by atoms with van der Waals surface area (Å²) in [4.78, 5) is 11.9. The lowest BCUT2D eigenvalue weighted by Gasteiger charge is -2.16. The van der Waals surface area contributed by atoms with Gasteiger partial charge in [0, 0.05) is 24.7 Å². The molecule has 1 aromatic rings. The summed E-state index contributed by atoms with van der Waals surface area (Å²) in [6, 6.07) is 7.89. The number of ether oxygens (including phenoxy) is 1. The maximum Gasteiger partial charge on any atom is 0.157 e. The molecule has 0 aromatic heterocycles. The van der Waals surface area contributed by atoms with E-state index in [4.69, 9.17) is 4.74 Å². The summed E-state index contributed by atoms with van der Waals surface area (Å²) in [5.41, 5.74) is 2.27. The number of hydrogen-bond donors (Lipinski definition) is 1. The van der Waals surface area contributed by atoms with E-state index in [1.165, 1.54) is 18.4 Å². The first kappa shape index (κ1) is 13.7. The number of hydrogen-bond acceptors (Lipinski definition) is 3. The van der Waals surface area contributed by atoms with Crippen LogP contribution in [0.1, 0.15) is 31.2 Å². The molecule has 0 atom stereocenters. The Morgan fingerprint density at radius 1 is 1.32 bits per heavy atom. The van der Waals surface area contributed by atoms with Gasteiger partial charge in [-0.05, 0) is 43.4 Å². The SMILES string of the molecule is COc1ccc(CCC(=O)/C=C2/CCCCN2)cc1. The second kappa shape index (κ2) is 6.98. The van der Waals surface area contributed by atoms with Crippen LogP contribution in [-0.4, -0.2) is 19.4 Å². The van der Waals surface area contributed by atoms with Crippen molar-refractivity contribution in [3.8, 4) is 5.75 Å². The van der Waals surface area contributed by atoms with E-state index in [1.54, 1.807) is 13.2 Å². The molecule has 1 N–H and O–H groups in total. The summed E-state index contributed by atoms with van der Waals surface area (Å²) in [5, 5.41) is 3.29. The van der Waals surface area contributed by atoms with E-state index in [9.17, 15) is 4.79 Å². The normalized spacial score (nSPS) is 17.0. The summed E-state index contributed by atoms with van der Waals surface area (Å²) in [7, 11) is 1.65. The zero-order valence-electron chi connectivity index (χ0n) is 11.4. The lowest BCUT2D eigenvalue weighted by molar-refractivity contribution is -0.114. The summed E-state index contributed by atoms with van der Waals surface area (Å²) >= 11 is 0. The third-order valence-electron chi connectivity index (χ3n) is 3.38. The number of benzene rings is 1. The van der Waals surface area contributed by atoms with Crippen molar-refractivity contribution < 1.29 is 9.53 Å². The van der Waals surface area contributed by atoms with Crippen molar-refractivity contribution in [3.63, 3.8) is 0 Å². The van der Waals surface area contributed by atoms with Gasteiger partial charge >= 0.3 is 0 Å². The fourth-order valence-corrected chi connectivity index (χ4v) is 2.23. The highest BCUT2D eigenvalue weighted by Gasteiger charge is 2.06. The van der Waals surface area contributed by atoms with Crippen molar-refractivity contribution in [2.45, 2.75) is 32.1 Å². The first-order valence-electron chi connectivity index (χ1n) is 6.88. The van der Waals surface area contributed by atoms with Crippen LogP contribution in [-0.2, 0) is 11.2 Å². The van der Waals surface area contributed by atoms with E-state index >= 15 is 0 Å². The molecule has 1 aromatic carbocycles. The second-order valence-corrected chi connectivity index (χ2v) is 4.87. The van der Waals surface area contributed by atoms with E-state index in [-0.39, 0.29) is 5.78 Å². The molecule has 3 nitrogen and oxygen atoms in total. The number of carbonyl (C=O) groups excluding carboxylic acids is 1. The lowest BCUT2D eigenvalue weighted by Crippen LogP contribution is -2.20. The van der Waals surface area contributed by atoms with Gasteiger partial charge in [0.25, 0.3) is 0 Å². The number of allylic oxidation sites excluding steroid dienone is 2. The Labute approximate surface area is 114 Å². The molecule has 0 amide bonds. The largest absolute Gasteiger partial charge is 0.497 e. The van der Waals surface area contributed by atoms with Crippen LogP contribution in [0.25, 0.3) is 0 Å². The van der Waals surface area contributed by atoms with Crippen molar-refractivity contribution >= 4 is 5.78 Å². The zero-order chi connectivity index (χ0) is 13.5. The highest BCUT2D eigenvalue weighted by Crippen LogP contribution is 2.14. The first-order chi connectivity index (χ1) is 9.28. The molecule has 102 valence electrons. The van der Waals surface area contributed by atoms with E-state index in [2.05, 4.69) is 5.32 Å². The minimum Gasteiger partial charge on any atom is -0.497 e. The third-order valence-corrected chi connectivity index (χ3v) is 3.38. The fraction of sp³-hybridized carbons (Fsp3) is 0.438. The molecule has 19 heavy (non-hydrogen) atoms. The van der Waals surface area contributed by atoms with Gasteiger partial charge in [-0.15, -0.1) is 0 Å². The standard InChI is InChI=1S/C16H21NO2/c1-19-16-9-6-13(7-10-16)5-8-15(18)12-14-4-2-3-11-17-14/h6-7,9-10,12,17H,2-5,8,11H2,1H3/b14-12-. The molecule has 2 rings (SSSR count). The summed E-state index contributed by atoms with van der Waals surface area (Å²) in [6.45, 7) is 0.998. The van der Waals surface area contributed by atoms with Crippen LogP contribution in [0.4, 0.5) is 0 Å². The van der Waals surface area contributed by atoms with E-state index in [0.29, 0.717) is 6.42 Å². The maximum absolute atomic E-state index is 11.9. The molecule has 1 aliphatic rings. The number of methoxy groups -OCH3 is 1. The lowest BCUT2D eigenvalue weighted by atomic mass is 10.0. The fourth-order valence-electron chi connectivity index (χ4n) is 2.23. The van der Waals surface area contributed by atoms with Gasteiger partial charge in [-0.3, -0.25) is 4.79 Å². The van der Waals surface area contributed by atoms with Gasteiger partial charge in [-0.1, -0.05) is 12.1 Å². The van der Waals surface area contributed by atoms with E-state index in [0.717, 1.165) is 30.8 Å². The zero-order valence-corrected chi connectivity index (χ0v) is 11.4. The molecule has 1 fully saturated rings. The van der Waals surface area contributed by atoms with Gasteiger partial charge in [0.1, 0.15) is 5.75 Å². The number of nitrogens with one attached hydrogen (secondary N) is 1. The Bertz CT molecular complexity index is 440. The molecule has 0 spiro atoms. The summed E-state index contributed by atoms with van der Waals surface area (Å²) in [6.07, 6.45) is 6.53. The van der Waals surface area contributed by atoms with Crippen molar-refractivity contribution in [1.82, 2.24) is 5.32 Å². The molecule has 0 aliphatic carbocycles. The topological polar surface area (TPSA) is 38.3 Å². The Hall–Kier alpha value is -1.77. The van der Waals surface area contributed by atoms with Crippen LogP contribution in [0.5, 0.6) is 5.75 Å². The van der Waals surface area contributed by atoms with E-state index in [1.807, 2.05) is 24.3 Å². The number of ketones is 1. The smallest absolute Gasteiger partial charge is 0.157 e.